The number of amides is 1. The first kappa shape index (κ1) is 13.2. The standard InChI is InChI=1S/C11H10FN3O3S/c1-15-7-8(6-13-15)11(16)14-19(17,18)10-4-2-9(12)3-5-10/h2-7H,1H3,(H,14,16). The second kappa shape index (κ2) is 4.81. The molecule has 1 N–H and O–H groups in total. The minimum Gasteiger partial charge on any atom is -0.275 e. The fraction of sp³-hybridized carbons (Fsp3) is 0.0909. The van der Waals surface area contributed by atoms with Crippen LogP contribution in [0.25, 0.3) is 0 Å². The van der Waals surface area contributed by atoms with E-state index in [4.69, 9.17) is 0 Å². The highest BCUT2D eigenvalue weighted by Crippen LogP contribution is 2.10. The van der Waals surface area contributed by atoms with Gasteiger partial charge >= 0.3 is 0 Å². The maximum absolute atomic E-state index is 12.7. The summed E-state index contributed by atoms with van der Waals surface area (Å²) in [5, 5.41) is 3.76. The van der Waals surface area contributed by atoms with E-state index in [0.29, 0.717) is 0 Å². The van der Waals surface area contributed by atoms with Gasteiger partial charge in [-0.15, -0.1) is 0 Å². The molecule has 19 heavy (non-hydrogen) atoms. The molecule has 0 spiro atoms. The Morgan fingerprint density at radius 3 is 2.47 bits per heavy atom. The smallest absolute Gasteiger partial charge is 0.268 e. The highest BCUT2D eigenvalue weighted by Gasteiger charge is 2.19. The molecule has 0 unspecified atom stereocenters. The molecule has 0 saturated carbocycles. The van der Waals surface area contributed by atoms with Crippen LogP contribution in [0.15, 0.2) is 41.6 Å². The quantitative estimate of drug-likeness (QED) is 0.898. The Bertz CT molecular complexity index is 707. The number of aromatic nitrogens is 2. The average molecular weight is 283 g/mol. The van der Waals surface area contributed by atoms with Crippen LogP contribution in [-0.2, 0) is 17.1 Å². The molecule has 0 bridgehead atoms. The monoisotopic (exact) mass is 283 g/mol. The molecule has 1 aromatic heterocycles. The second-order valence-electron chi connectivity index (χ2n) is 3.79. The summed E-state index contributed by atoms with van der Waals surface area (Å²) in [6, 6.07) is 4.16. The van der Waals surface area contributed by atoms with E-state index in [1.54, 1.807) is 7.05 Å². The van der Waals surface area contributed by atoms with Crippen LogP contribution < -0.4 is 4.72 Å². The van der Waals surface area contributed by atoms with E-state index < -0.39 is 21.7 Å². The van der Waals surface area contributed by atoms with Crippen molar-refractivity contribution >= 4 is 15.9 Å². The largest absolute Gasteiger partial charge is 0.275 e. The van der Waals surface area contributed by atoms with Crippen molar-refractivity contribution in [2.45, 2.75) is 4.90 Å². The van der Waals surface area contributed by atoms with Crippen molar-refractivity contribution in [1.82, 2.24) is 14.5 Å². The Morgan fingerprint density at radius 1 is 1.32 bits per heavy atom. The Kier molecular flexibility index (Phi) is 3.34. The number of carbonyl (C=O) groups is 1. The van der Waals surface area contributed by atoms with E-state index in [9.17, 15) is 17.6 Å². The number of hydrogen-bond donors (Lipinski definition) is 1. The van der Waals surface area contributed by atoms with E-state index in [0.717, 1.165) is 24.3 Å². The van der Waals surface area contributed by atoms with E-state index >= 15 is 0 Å². The van der Waals surface area contributed by atoms with Crippen molar-refractivity contribution in [2.75, 3.05) is 0 Å². The van der Waals surface area contributed by atoms with Gasteiger partial charge in [-0.25, -0.2) is 17.5 Å². The molecule has 8 heteroatoms. The van der Waals surface area contributed by atoms with Gasteiger partial charge in [0, 0.05) is 13.2 Å². The lowest BCUT2D eigenvalue weighted by molar-refractivity contribution is 0.0981. The summed E-state index contributed by atoms with van der Waals surface area (Å²) >= 11 is 0. The maximum atomic E-state index is 12.7. The zero-order valence-electron chi connectivity index (χ0n) is 9.87. The van der Waals surface area contributed by atoms with Gasteiger partial charge < -0.3 is 0 Å². The third-order valence-electron chi connectivity index (χ3n) is 2.32. The van der Waals surface area contributed by atoms with Gasteiger partial charge in [-0.2, -0.15) is 5.10 Å². The van der Waals surface area contributed by atoms with E-state index in [2.05, 4.69) is 5.10 Å². The van der Waals surface area contributed by atoms with Crippen LogP contribution in [0.5, 0.6) is 0 Å². The molecule has 0 atom stereocenters. The summed E-state index contributed by atoms with van der Waals surface area (Å²) in [6.07, 6.45) is 2.63. The molecular formula is C11H10FN3O3S. The molecule has 1 heterocycles. The molecule has 100 valence electrons. The van der Waals surface area contributed by atoms with Crippen molar-refractivity contribution < 1.29 is 17.6 Å². The third-order valence-corrected chi connectivity index (χ3v) is 3.66. The lowest BCUT2D eigenvalue weighted by atomic mass is 10.3. The summed E-state index contributed by atoms with van der Waals surface area (Å²) < 4.78 is 39.7. The zero-order valence-corrected chi connectivity index (χ0v) is 10.7. The number of nitrogens with one attached hydrogen (secondary N) is 1. The fourth-order valence-electron chi connectivity index (χ4n) is 1.39. The maximum Gasteiger partial charge on any atom is 0.268 e. The molecule has 2 rings (SSSR count). The van der Waals surface area contributed by atoms with Crippen LogP contribution >= 0.6 is 0 Å². The van der Waals surface area contributed by atoms with Crippen LogP contribution in [0, 0.1) is 5.82 Å². The minimum absolute atomic E-state index is 0.119. The van der Waals surface area contributed by atoms with Crippen LogP contribution in [-0.4, -0.2) is 24.1 Å². The topological polar surface area (TPSA) is 81.1 Å². The molecule has 0 aliphatic heterocycles. The van der Waals surface area contributed by atoms with Gasteiger partial charge in [0.1, 0.15) is 5.82 Å². The van der Waals surface area contributed by atoms with E-state index in [-0.39, 0.29) is 10.5 Å². The summed E-state index contributed by atoms with van der Waals surface area (Å²) in [5.41, 5.74) is 0.119. The Labute approximate surface area is 108 Å². The number of aryl methyl sites for hydroxylation is 1. The van der Waals surface area contributed by atoms with Crippen LogP contribution in [0.2, 0.25) is 0 Å². The molecule has 0 aliphatic carbocycles. The molecule has 0 aliphatic rings. The van der Waals surface area contributed by atoms with Gasteiger partial charge in [0.25, 0.3) is 15.9 Å². The van der Waals surface area contributed by atoms with Crippen molar-refractivity contribution in [3.05, 3.63) is 48.0 Å². The van der Waals surface area contributed by atoms with Crippen LogP contribution in [0.4, 0.5) is 4.39 Å². The lowest BCUT2D eigenvalue weighted by Crippen LogP contribution is -2.30. The highest BCUT2D eigenvalue weighted by molar-refractivity contribution is 7.90. The van der Waals surface area contributed by atoms with Crippen LogP contribution in [0.1, 0.15) is 10.4 Å². The number of hydrogen-bond acceptors (Lipinski definition) is 4. The molecule has 0 fully saturated rings. The molecular weight excluding hydrogens is 273 g/mol. The van der Waals surface area contributed by atoms with Crippen LogP contribution in [0.3, 0.4) is 0 Å². The molecule has 0 radical (unpaired) electrons. The Hall–Kier alpha value is -2.22. The van der Waals surface area contributed by atoms with Gasteiger partial charge in [0.05, 0.1) is 16.7 Å². The Balaban J connectivity index is 2.22. The summed E-state index contributed by atoms with van der Waals surface area (Å²) in [7, 11) is -2.42. The predicted molar refractivity (Wildman–Crippen MR) is 64.3 cm³/mol. The second-order valence-corrected chi connectivity index (χ2v) is 5.47. The predicted octanol–water partition coefficient (Wildman–Crippen LogP) is 0.678. The molecule has 1 aromatic carbocycles. The van der Waals surface area contributed by atoms with Crippen molar-refractivity contribution in [2.24, 2.45) is 7.05 Å². The first-order valence-electron chi connectivity index (χ1n) is 5.20. The van der Waals surface area contributed by atoms with Crippen molar-refractivity contribution in [3.8, 4) is 0 Å². The summed E-state index contributed by atoms with van der Waals surface area (Å²) in [4.78, 5) is 11.5. The number of sulfonamides is 1. The number of carbonyl (C=O) groups excluding carboxylic acids is 1. The van der Waals surface area contributed by atoms with Crippen molar-refractivity contribution in [3.63, 3.8) is 0 Å². The number of halogens is 1. The fourth-order valence-corrected chi connectivity index (χ4v) is 2.37. The molecule has 0 saturated heterocycles. The molecule has 6 nitrogen and oxygen atoms in total. The van der Waals surface area contributed by atoms with Gasteiger partial charge in [-0.1, -0.05) is 0 Å². The Morgan fingerprint density at radius 2 is 1.95 bits per heavy atom. The van der Waals surface area contributed by atoms with Gasteiger partial charge in [0.2, 0.25) is 0 Å². The van der Waals surface area contributed by atoms with E-state index in [1.807, 2.05) is 4.72 Å². The minimum atomic E-state index is -4.02. The number of benzene rings is 1. The van der Waals surface area contributed by atoms with Gasteiger partial charge in [-0.3, -0.25) is 9.48 Å². The zero-order chi connectivity index (χ0) is 14.0. The van der Waals surface area contributed by atoms with Crippen molar-refractivity contribution in [1.29, 1.82) is 0 Å². The van der Waals surface area contributed by atoms with Gasteiger partial charge in [0.15, 0.2) is 0 Å². The normalized spacial score (nSPS) is 11.3. The first-order chi connectivity index (χ1) is 8.88. The summed E-state index contributed by atoms with van der Waals surface area (Å²) in [5.74, 6) is -1.35. The summed E-state index contributed by atoms with van der Waals surface area (Å²) in [6.45, 7) is 0. The van der Waals surface area contributed by atoms with E-state index in [1.165, 1.54) is 17.1 Å². The number of rotatable bonds is 3. The molecule has 2 aromatic rings. The first-order valence-corrected chi connectivity index (χ1v) is 6.68. The third kappa shape index (κ3) is 2.97. The molecule has 1 amide bonds. The SMILES string of the molecule is Cn1cc(C(=O)NS(=O)(=O)c2ccc(F)cc2)cn1. The van der Waals surface area contributed by atoms with Gasteiger partial charge in [-0.05, 0) is 24.3 Å². The highest BCUT2D eigenvalue weighted by atomic mass is 32.2. The average Bonchev–Trinajstić information content (AvgIpc) is 2.76. The lowest BCUT2D eigenvalue weighted by Gasteiger charge is -2.05. The number of nitrogens with zero attached hydrogens (tertiary/aromatic N) is 2.